The standard InChI is InChI=1S/C18H19N3O4/c1-12(22)13-2-4-16(5-3-13)20-17(23)15(10-19)11-21-8-6-14(7-9-21)18(24)25/h2-5,11,14H,6-9H2,1H3,(H,20,23)(H,24,25)/b15-11-. The number of nitrogens with one attached hydrogen (secondary N) is 1. The van der Waals surface area contributed by atoms with Crippen LogP contribution in [0.3, 0.4) is 0 Å². The van der Waals surface area contributed by atoms with Crippen molar-refractivity contribution in [2.24, 2.45) is 5.92 Å². The van der Waals surface area contributed by atoms with Crippen molar-refractivity contribution in [3.05, 3.63) is 41.6 Å². The van der Waals surface area contributed by atoms with Crippen molar-refractivity contribution in [3.63, 3.8) is 0 Å². The summed E-state index contributed by atoms with van der Waals surface area (Å²) in [6.45, 7) is 2.43. The van der Waals surface area contributed by atoms with E-state index in [-0.39, 0.29) is 17.3 Å². The first-order valence-electron chi connectivity index (χ1n) is 7.92. The zero-order valence-corrected chi connectivity index (χ0v) is 13.9. The largest absolute Gasteiger partial charge is 0.481 e. The molecule has 1 aromatic rings. The van der Waals surface area contributed by atoms with E-state index in [1.807, 2.05) is 6.07 Å². The predicted octanol–water partition coefficient (Wildman–Crippen LogP) is 2.03. The van der Waals surface area contributed by atoms with Crippen LogP contribution >= 0.6 is 0 Å². The van der Waals surface area contributed by atoms with Crippen LogP contribution in [0.25, 0.3) is 0 Å². The molecule has 7 nitrogen and oxygen atoms in total. The molecule has 0 atom stereocenters. The van der Waals surface area contributed by atoms with Gasteiger partial charge in [-0.2, -0.15) is 5.26 Å². The summed E-state index contributed by atoms with van der Waals surface area (Å²) in [4.78, 5) is 36.2. The van der Waals surface area contributed by atoms with Gasteiger partial charge in [0.15, 0.2) is 5.78 Å². The predicted molar refractivity (Wildman–Crippen MR) is 90.7 cm³/mol. The normalized spacial score (nSPS) is 15.4. The summed E-state index contributed by atoms with van der Waals surface area (Å²) in [7, 11) is 0. The first kappa shape index (κ1) is 18.2. The van der Waals surface area contributed by atoms with E-state index >= 15 is 0 Å². The number of carbonyl (C=O) groups is 3. The van der Waals surface area contributed by atoms with Gasteiger partial charge in [-0.1, -0.05) is 0 Å². The summed E-state index contributed by atoms with van der Waals surface area (Å²) in [5.41, 5.74) is 0.973. The first-order valence-corrected chi connectivity index (χ1v) is 7.92. The molecule has 0 unspecified atom stereocenters. The minimum Gasteiger partial charge on any atom is -0.481 e. The third kappa shape index (κ3) is 4.91. The number of hydrogen-bond donors (Lipinski definition) is 2. The van der Waals surface area contributed by atoms with Crippen LogP contribution in [0, 0.1) is 17.2 Å². The van der Waals surface area contributed by atoms with Crippen LogP contribution in [0.4, 0.5) is 5.69 Å². The number of piperidine rings is 1. The number of benzene rings is 1. The lowest BCUT2D eigenvalue weighted by Crippen LogP contribution is -2.33. The van der Waals surface area contributed by atoms with E-state index in [9.17, 15) is 19.6 Å². The molecule has 1 aliphatic rings. The minimum absolute atomic E-state index is 0.0515. The van der Waals surface area contributed by atoms with Crippen molar-refractivity contribution in [3.8, 4) is 6.07 Å². The molecular weight excluding hydrogens is 322 g/mol. The number of carboxylic acids is 1. The third-order valence-corrected chi connectivity index (χ3v) is 4.10. The Hall–Kier alpha value is -3.14. The molecule has 1 amide bonds. The molecule has 0 spiro atoms. The van der Waals surface area contributed by atoms with E-state index in [0.29, 0.717) is 37.2 Å². The van der Waals surface area contributed by atoms with Gasteiger partial charge >= 0.3 is 5.97 Å². The number of likely N-dealkylation sites (tertiary alicyclic amines) is 1. The average molecular weight is 341 g/mol. The Balaban J connectivity index is 2.00. The highest BCUT2D eigenvalue weighted by atomic mass is 16.4. The van der Waals surface area contributed by atoms with E-state index in [4.69, 9.17) is 5.11 Å². The Morgan fingerprint density at radius 1 is 1.24 bits per heavy atom. The summed E-state index contributed by atoms with van der Waals surface area (Å²) >= 11 is 0. The number of Topliss-reactive ketones (excluding diaryl/α,β-unsaturated/α-hetero) is 1. The van der Waals surface area contributed by atoms with Crippen molar-refractivity contribution in [1.29, 1.82) is 5.26 Å². The second kappa shape index (κ2) is 8.11. The Labute approximate surface area is 145 Å². The quantitative estimate of drug-likeness (QED) is 0.482. The highest BCUT2D eigenvalue weighted by molar-refractivity contribution is 6.06. The van der Waals surface area contributed by atoms with Crippen LogP contribution < -0.4 is 5.32 Å². The molecular formula is C18H19N3O4. The zero-order chi connectivity index (χ0) is 18.4. The van der Waals surface area contributed by atoms with Crippen molar-refractivity contribution < 1.29 is 19.5 Å². The number of aliphatic carboxylic acids is 1. The number of ketones is 1. The number of nitrogens with zero attached hydrogens (tertiary/aromatic N) is 2. The summed E-state index contributed by atoms with van der Waals surface area (Å²) in [6, 6.07) is 8.27. The molecule has 0 aliphatic carbocycles. The number of hydrogen-bond acceptors (Lipinski definition) is 5. The topological polar surface area (TPSA) is 111 Å². The van der Waals surface area contributed by atoms with Crippen molar-refractivity contribution in [1.82, 2.24) is 4.90 Å². The Bertz CT molecular complexity index is 739. The van der Waals surface area contributed by atoms with Gasteiger partial charge in [-0.15, -0.1) is 0 Å². The van der Waals surface area contributed by atoms with Gasteiger partial charge in [-0.05, 0) is 44.0 Å². The molecule has 0 radical (unpaired) electrons. The lowest BCUT2D eigenvalue weighted by Gasteiger charge is -2.29. The molecule has 1 saturated heterocycles. The molecule has 2 N–H and O–H groups in total. The van der Waals surface area contributed by atoms with Crippen LogP contribution in [0.5, 0.6) is 0 Å². The maximum Gasteiger partial charge on any atom is 0.306 e. The van der Waals surface area contributed by atoms with Crippen molar-refractivity contribution >= 4 is 23.3 Å². The number of carboxylic acid groups (broad SMARTS) is 1. The van der Waals surface area contributed by atoms with Crippen LogP contribution in [-0.4, -0.2) is 40.8 Å². The summed E-state index contributed by atoms with van der Waals surface area (Å²) in [5.74, 6) is -1.79. The highest BCUT2D eigenvalue weighted by Crippen LogP contribution is 2.18. The Kier molecular flexibility index (Phi) is 5.90. The van der Waals surface area contributed by atoms with Gasteiger partial charge < -0.3 is 15.3 Å². The summed E-state index contributed by atoms with van der Waals surface area (Å²) < 4.78 is 0. The van der Waals surface area contributed by atoms with Crippen molar-refractivity contribution in [2.75, 3.05) is 18.4 Å². The first-order chi connectivity index (χ1) is 11.9. The SMILES string of the molecule is CC(=O)c1ccc(NC(=O)/C(C#N)=C\N2CCC(C(=O)O)CC2)cc1. The second-order valence-electron chi connectivity index (χ2n) is 5.89. The molecule has 0 aromatic heterocycles. The van der Waals surface area contributed by atoms with Gasteiger partial charge in [0.1, 0.15) is 11.6 Å². The van der Waals surface area contributed by atoms with Gasteiger partial charge in [-0.3, -0.25) is 14.4 Å². The van der Waals surface area contributed by atoms with Crippen LogP contribution in [0.15, 0.2) is 36.0 Å². The minimum atomic E-state index is -0.809. The fourth-order valence-corrected chi connectivity index (χ4v) is 2.58. The fraction of sp³-hybridized carbons (Fsp3) is 0.333. The lowest BCUT2D eigenvalue weighted by atomic mass is 9.97. The van der Waals surface area contributed by atoms with Gasteiger partial charge in [0, 0.05) is 30.5 Å². The molecule has 1 aromatic carbocycles. The smallest absolute Gasteiger partial charge is 0.306 e. The number of carbonyl (C=O) groups excluding carboxylic acids is 2. The average Bonchev–Trinajstić information content (AvgIpc) is 2.60. The second-order valence-corrected chi connectivity index (χ2v) is 5.89. The number of anilines is 1. The molecule has 0 bridgehead atoms. The van der Waals surface area contributed by atoms with E-state index in [0.717, 1.165) is 0 Å². The summed E-state index contributed by atoms with van der Waals surface area (Å²) in [5, 5.41) is 20.8. The zero-order valence-electron chi connectivity index (χ0n) is 13.9. The monoisotopic (exact) mass is 341 g/mol. The number of amides is 1. The Morgan fingerprint density at radius 3 is 2.32 bits per heavy atom. The number of rotatable bonds is 5. The van der Waals surface area contributed by atoms with E-state index < -0.39 is 11.9 Å². The molecule has 0 saturated carbocycles. The molecule has 25 heavy (non-hydrogen) atoms. The molecule has 2 rings (SSSR count). The fourth-order valence-electron chi connectivity index (χ4n) is 2.58. The van der Waals surface area contributed by atoms with Gasteiger partial charge in [0.05, 0.1) is 5.92 Å². The maximum atomic E-state index is 12.2. The number of nitriles is 1. The van der Waals surface area contributed by atoms with E-state index in [1.165, 1.54) is 13.1 Å². The molecule has 1 fully saturated rings. The summed E-state index contributed by atoms with van der Waals surface area (Å²) in [6.07, 6.45) is 2.44. The molecule has 1 heterocycles. The highest BCUT2D eigenvalue weighted by Gasteiger charge is 2.24. The molecule has 7 heteroatoms. The molecule has 1 aliphatic heterocycles. The van der Waals surface area contributed by atoms with Crippen LogP contribution in [-0.2, 0) is 9.59 Å². The van der Waals surface area contributed by atoms with Gasteiger partial charge in [0.2, 0.25) is 0 Å². The van der Waals surface area contributed by atoms with Crippen LogP contribution in [0.1, 0.15) is 30.1 Å². The maximum absolute atomic E-state index is 12.2. The van der Waals surface area contributed by atoms with Crippen LogP contribution in [0.2, 0.25) is 0 Å². The Morgan fingerprint density at radius 2 is 1.84 bits per heavy atom. The van der Waals surface area contributed by atoms with E-state index in [2.05, 4.69) is 5.32 Å². The molecule has 130 valence electrons. The van der Waals surface area contributed by atoms with Gasteiger partial charge in [-0.25, -0.2) is 0 Å². The van der Waals surface area contributed by atoms with Crippen molar-refractivity contribution in [2.45, 2.75) is 19.8 Å². The van der Waals surface area contributed by atoms with E-state index in [1.54, 1.807) is 29.2 Å². The lowest BCUT2D eigenvalue weighted by molar-refractivity contribution is -0.143. The third-order valence-electron chi connectivity index (χ3n) is 4.10. The van der Waals surface area contributed by atoms with Gasteiger partial charge in [0.25, 0.3) is 5.91 Å².